The maximum atomic E-state index is 11.7. The molecule has 1 fully saturated rings. The van der Waals surface area contributed by atoms with Crippen LogP contribution in [-0.2, 0) is 16.1 Å². The van der Waals surface area contributed by atoms with Gasteiger partial charge in [-0.25, -0.2) is 4.79 Å². The van der Waals surface area contributed by atoms with Crippen molar-refractivity contribution in [3.63, 3.8) is 0 Å². The van der Waals surface area contributed by atoms with Crippen LogP contribution in [-0.4, -0.2) is 41.2 Å². The Morgan fingerprint density at radius 2 is 1.90 bits per heavy atom. The van der Waals surface area contributed by atoms with Crippen LogP contribution in [0.1, 0.15) is 18.4 Å². The number of hydrogen-bond donors (Lipinski definition) is 2. The number of rotatable bonds is 5. The van der Waals surface area contributed by atoms with Gasteiger partial charge >= 0.3 is 12.1 Å². The minimum absolute atomic E-state index is 0.253. The fourth-order valence-electron chi connectivity index (χ4n) is 2.11. The summed E-state index contributed by atoms with van der Waals surface area (Å²) in [4.78, 5) is 29.3. The molecule has 1 aliphatic heterocycles. The van der Waals surface area contributed by atoms with Crippen LogP contribution in [0.25, 0.3) is 0 Å². The number of nitrogens with one attached hydrogen (secondary N) is 1. The van der Waals surface area contributed by atoms with E-state index in [2.05, 4.69) is 5.48 Å². The fraction of sp³-hybridized carbons (Fsp3) is 0.429. The van der Waals surface area contributed by atoms with E-state index in [1.807, 2.05) is 30.3 Å². The van der Waals surface area contributed by atoms with Gasteiger partial charge in [0.15, 0.2) is 0 Å². The van der Waals surface area contributed by atoms with Crippen molar-refractivity contribution in [2.24, 2.45) is 0 Å². The zero-order valence-electron chi connectivity index (χ0n) is 11.1. The molecule has 1 aromatic rings. The first kappa shape index (κ1) is 14.3. The third kappa shape index (κ3) is 3.96. The average Bonchev–Trinajstić information content (AvgIpc) is 2.98. The predicted molar refractivity (Wildman–Crippen MR) is 72.0 cm³/mol. The maximum absolute atomic E-state index is 11.7. The molecule has 0 unspecified atom stereocenters. The Morgan fingerprint density at radius 3 is 2.50 bits per heavy atom. The maximum Gasteiger partial charge on any atom is 0.428 e. The molecule has 6 heteroatoms. The van der Waals surface area contributed by atoms with Crippen molar-refractivity contribution in [1.82, 2.24) is 10.4 Å². The van der Waals surface area contributed by atoms with Crippen LogP contribution in [0, 0.1) is 0 Å². The molecule has 20 heavy (non-hydrogen) atoms. The van der Waals surface area contributed by atoms with Crippen LogP contribution >= 0.6 is 0 Å². The summed E-state index contributed by atoms with van der Waals surface area (Å²) in [6.07, 6.45) is 1.66. The number of hydroxylamine groups is 1. The lowest BCUT2D eigenvalue weighted by molar-refractivity contribution is -0.142. The lowest BCUT2D eigenvalue weighted by Gasteiger charge is -2.18. The van der Waals surface area contributed by atoms with Gasteiger partial charge in [-0.05, 0) is 18.4 Å². The zero-order chi connectivity index (χ0) is 14.4. The molecule has 108 valence electrons. The molecule has 6 nitrogen and oxygen atoms in total. The highest BCUT2D eigenvalue weighted by Crippen LogP contribution is 2.09. The second kappa shape index (κ2) is 6.91. The summed E-state index contributed by atoms with van der Waals surface area (Å²) in [5.41, 5.74) is 3.22. The largest absolute Gasteiger partial charge is 0.480 e. The third-order valence-corrected chi connectivity index (χ3v) is 3.23. The molecule has 1 aliphatic rings. The SMILES string of the molecule is O=C(O)[C@H](Cc1ccccc1)NOC(=O)N1CCCC1. The van der Waals surface area contributed by atoms with E-state index >= 15 is 0 Å². The Hall–Kier alpha value is -2.08. The number of carbonyl (C=O) groups excluding carboxylic acids is 1. The molecular weight excluding hydrogens is 260 g/mol. The first-order valence-electron chi connectivity index (χ1n) is 6.65. The van der Waals surface area contributed by atoms with Crippen molar-refractivity contribution in [3.05, 3.63) is 35.9 Å². The molecule has 1 aromatic carbocycles. The third-order valence-electron chi connectivity index (χ3n) is 3.23. The number of benzene rings is 1. The quantitative estimate of drug-likeness (QED) is 0.796. The van der Waals surface area contributed by atoms with E-state index in [-0.39, 0.29) is 6.42 Å². The Kier molecular flexibility index (Phi) is 4.95. The summed E-state index contributed by atoms with van der Waals surface area (Å²) in [6.45, 7) is 1.33. The predicted octanol–water partition coefficient (Wildman–Crippen LogP) is 1.42. The first-order valence-corrected chi connectivity index (χ1v) is 6.65. The number of likely N-dealkylation sites (tertiary alicyclic amines) is 1. The van der Waals surface area contributed by atoms with Gasteiger partial charge in [-0.1, -0.05) is 30.3 Å². The molecule has 1 atom stereocenters. The smallest absolute Gasteiger partial charge is 0.428 e. The van der Waals surface area contributed by atoms with Crippen LogP contribution in [0.4, 0.5) is 4.79 Å². The number of carbonyl (C=O) groups is 2. The number of carboxylic acids is 1. The van der Waals surface area contributed by atoms with E-state index in [1.165, 1.54) is 0 Å². The van der Waals surface area contributed by atoms with Crippen molar-refractivity contribution in [2.75, 3.05) is 13.1 Å². The number of nitrogens with zero attached hydrogens (tertiary/aromatic N) is 1. The van der Waals surface area contributed by atoms with E-state index in [1.54, 1.807) is 4.90 Å². The van der Waals surface area contributed by atoms with Crippen molar-refractivity contribution < 1.29 is 19.5 Å². The van der Waals surface area contributed by atoms with E-state index in [9.17, 15) is 9.59 Å². The van der Waals surface area contributed by atoms with E-state index in [0.29, 0.717) is 13.1 Å². The van der Waals surface area contributed by atoms with Gasteiger partial charge in [-0.15, -0.1) is 5.48 Å². The topological polar surface area (TPSA) is 78.9 Å². The van der Waals surface area contributed by atoms with Crippen molar-refractivity contribution in [2.45, 2.75) is 25.3 Å². The van der Waals surface area contributed by atoms with Crippen molar-refractivity contribution >= 4 is 12.1 Å². The van der Waals surface area contributed by atoms with Crippen molar-refractivity contribution in [3.8, 4) is 0 Å². The molecule has 1 amide bonds. The van der Waals surface area contributed by atoms with Gasteiger partial charge in [0, 0.05) is 19.5 Å². The molecule has 0 radical (unpaired) electrons. The summed E-state index contributed by atoms with van der Waals surface area (Å²) < 4.78 is 0. The van der Waals surface area contributed by atoms with Gasteiger partial charge in [0.05, 0.1) is 0 Å². The summed E-state index contributed by atoms with van der Waals surface area (Å²) in [5, 5.41) is 9.15. The Bertz CT molecular complexity index is 458. The van der Waals surface area contributed by atoms with Crippen LogP contribution < -0.4 is 5.48 Å². The lowest BCUT2D eigenvalue weighted by atomic mass is 10.1. The van der Waals surface area contributed by atoms with Gasteiger partial charge in [0.1, 0.15) is 6.04 Å². The van der Waals surface area contributed by atoms with Gasteiger partial charge in [0.25, 0.3) is 0 Å². The number of carboxylic acid groups (broad SMARTS) is 1. The summed E-state index contributed by atoms with van der Waals surface area (Å²) >= 11 is 0. The van der Waals surface area contributed by atoms with Crippen LogP contribution in [0.2, 0.25) is 0 Å². The Labute approximate surface area is 117 Å². The van der Waals surface area contributed by atoms with Gasteiger partial charge < -0.3 is 14.8 Å². The second-order valence-electron chi connectivity index (χ2n) is 4.76. The monoisotopic (exact) mass is 278 g/mol. The molecule has 0 aromatic heterocycles. The van der Waals surface area contributed by atoms with Crippen molar-refractivity contribution in [1.29, 1.82) is 0 Å². The number of amides is 1. The summed E-state index contributed by atoms with van der Waals surface area (Å²) in [6, 6.07) is 8.25. The molecule has 0 aliphatic carbocycles. The van der Waals surface area contributed by atoms with Crippen LogP contribution in [0.3, 0.4) is 0 Å². The molecular formula is C14H18N2O4. The van der Waals surface area contributed by atoms with E-state index < -0.39 is 18.1 Å². The average molecular weight is 278 g/mol. The van der Waals surface area contributed by atoms with Gasteiger partial charge in [-0.2, -0.15) is 0 Å². The molecule has 1 saturated heterocycles. The highest BCUT2D eigenvalue weighted by Gasteiger charge is 2.23. The summed E-state index contributed by atoms with van der Waals surface area (Å²) in [7, 11) is 0. The van der Waals surface area contributed by atoms with Crippen LogP contribution in [0.5, 0.6) is 0 Å². The Balaban J connectivity index is 1.86. The Morgan fingerprint density at radius 1 is 1.25 bits per heavy atom. The van der Waals surface area contributed by atoms with Gasteiger partial charge in [0.2, 0.25) is 0 Å². The minimum Gasteiger partial charge on any atom is -0.480 e. The fourth-order valence-corrected chi connectivity index (χ4v) is 2.11. The van der Waals surface area contributed by atoms with E-state index in [4.69, 9.17) is 9.94 Å². The molecule has 1 heterocycles. The molecule has 0 saturated carbocycles. The standard InChI is InChI=1S/C14H18N2O4/c17-13(18)12(10-11-6-2-1-3-7-11)15-20-14(19)16-8-4-5-9-16/h1-3,6-7,12,15H,4-5,8-10H2,(H,17,18)/t12-/m0/s1. The molecule has 0 spiro atoms. The highest BCUT2D eigenvalue weighted by atomic mass is 16.7. The minimum atomic E-state index is -1.05. The number of aliphatic carboxylic acids is 1. The zero-order valence-corrected chi connectivity index (χ0v) is 11.1. The normalized spacial score (nSPS) is 15.9. The van der Waals surface area contributed by atoms with Crippen LogP contribution in [0.15, 0.2) is 30.3 Å². The van der Waals surface area contributed by atoms with Gasteiger partial charge in [-0.3, -0.25) is 4.79 Å². The molecule has 0 bridgehead atoms. The number of hydrogen-bond acceptors (Lipinski definition) is 4. The molecule has 2 rings (SSSR count). The molecule has 2 N–H and O–H groups in total. The second-order valence-corrected chi connectivity index (χ2v) is 4.76. The highest BCUT2D eigenvalue weighted by molar-refractivity contribution is 5.74. The summed E-state index contributed by atoms with van der Waals surface area (Å²) in [5.74, 6) is -1.05. The van der Waals surface area contributed by atoms with E-state index in [0.717, 1.165) is 18.4 Å². The lowest BCUT2D eigenvalue weighted by Crippen LogP contribution is -2.42. The first-order chi connectivity index (χ1) is 9.66.